The van der Waals surface area contributed by atoms with Gasteiger partial charge in [0, 0.05) is 10.0 Å². The zero-order valence-corrected chi connectivity index (χ0v) is 17.2. The molecule has 0 aliphatic carbocycles. The lowest BCUT2D eigenvalue weighted by molar-refractivity contribution is -0.113. The van der Waals surface area contributed by atoms with E-state index in [0.717, 1.165) is 21.3 Å². The molecule has 9 heteroatoms. The van der Waals surface area contributed by atoms with E-state index in [1.54, 1.807) is 7.11 Å². The van der Waals surface area contributed by atoms with Crippen molar-refractivity contribution in [3.63, 3.8) is 0 Å². The number of aryl methyl sites for hydroxylation is 1. The largest absolute Gasteiger partial charge is 0.497 e. The Bertz CT molecular complexity index is 976. The van der Waals surface area contributed by atoms with Crippen molar-refractivity contribution in [1.29, 1.82) is 0 Å². The maximum absolute atomic E-state index is 12.2. The second-order valence-electron chi connectivity index (χ2n) is 5.73. The van der Waals surface area contributed by atoms with E-state index in [1.165, 1.54) is 16.4 Å². The molecule has 0 radical (unpaired) electrons. The average molecular weight is 448 g/mol. The van der Waals surface area contributed by atoms with E-state index >= 15 is 0 Å². The zero-order chi connectivity index (χ0) is 19.4. The van der Waals surface area contributed by atoms with Crippen molar-refractivity contribution in [3.05, 3.63) is 52.5 Å². The first-order valence-corrected chi connectivity index (χ1v) is 9.79. The van der Waals surface area contributed by atoms with Crippen molar-refractivity contribution in [3.8, 4) is 17.1 Å². The van der Waals surface area contributed by atoms with Crippen LogP contribution in [-0.4, -0.2) is 33.6 Å². The topological polar surface area (TPSA) is 95.1 Å². The van der Waals surface area contributed by atoms with Gasteiger partial charge in [-0.2, -0.15) is 0 Å². The lowest BCUT2D eigenvalue weighted by Gasteiger charge is -2.08. The Kier molecular flexibility index (Phi) is 6.02. The van der Waals surface area contributed by atoms with E-state index < -0.39 is 0 Å². The summed E-state index contributed by atoms with van der Waals surface area (Å²) in [6.07, 6.45) is 0. The van der Waals surface area contributed by atoms with Crippen LogP contribution in [0.15, 0.2) is 52.1 Å². The summed E-state index contributed by atoms with van der Waals surface area (Å²) < 4.78 is 7.42. The quantitative estimate of drug-likeness (QED) is 0.443. The molecule has 140 valence electrons. The molecule has 1 aromatic heterocycles. The van der Waals surface area contributed by atoms with Crippen LogP contribution >= 0.6 is 27.7 Å². The number of anilines is 1. The summed E-state index contributed by atoms with van der Waals surface area (Å²) in [5.74, 6) is 7.30. The third-order valence-corrected chi connectivity index (χ3v) is 5.32. The average Bonchev–Trinajstić information content (AvgIpc) is 3.03. The predicted octanol–water partition coefficient (Wildman–Crippen LogP) is 3.47. The Morgan fingerprint density at radius 3 is 2.85 bits per heavy atom. The molecule has 0 unspecified atom stereocenters. The molecular formula is C18H18BrN5O2S. The second-order valence-corrected chi connectivity index (χ2v) is 7.53. The second kappa shape index (κ2) is 8.45. The molecule has 0 atom stereocenters. The molecule has 2 aromatic carbocycles. The Morgan fingerprint density at radius 1 is 1.30 bits per heavy atom. The number of nitrogens with one attached hydrogen (secondary N) is 1. The number of amides is 1. The van der Waals surface area contributed by atoms with Gasteiger partial charge in [0.05, 0.1) is 18.6 Å². The van der Waals surface area contributed by atoms with Gasteiger partial charge >= 0.3 is 0 Å². The highest BCUT2D eigenvalue weighted by Gasteiger charge is 2.15. The molecule has 1 amide bonds. The number of nitrogen functional groups attached to an aromatic ring is 1. The number of nitrogens with zero attached hydrogens (tertiary/aromatic N) is 3. The number of hydrogen-bond donors (Lipinski definition) is 2. The number of halogens is 1. The van der Waals surface area contributed by atoms with Gasteiger partial charge in [0.15, 0.2) is 5.82 Å². The van der Waals surface area contributed by atoms with Gasteiger partial charge in [0.1, 0.15) is 5.75 Å². The van der Waals surface area contributed by atoms with Gasteiger partial charge in [0.2, 0.25) is 11.1 Å². The summed E-state index contributed by atoms with van der Waals surface area (Å²) in [5, 5.41) is 11.5. The molecule has 3 N–H and O–H groups in total. The maximum Gasteiger partial charge on any atom is 0.234 e. The molecular weight excluding hydrogens is 430 g/mol. The molecule has 0 bridgehead atoms. The minimum Gasteiger partial charge on any atom is -0.497 e. The first-order valence-electron chi connectivity index (χ1n) is 8.01. The van der Waals surface area contributed by atoms with Gasteiger partial charge in [-0.25, -0.2) is 4.68 Å². The first-order chi connectivity index (χ1) is 13.0. The highest BCUT2D eigenvalue weighted by Crippen LogP contribution is 2.26. The molecule has 27 heavy (non-hydrogen) atoms. The van der Waals surface area contributed by atoms with Crippen LogP contribution in [0.1, 0.15) is 5.56 Å². The van der Waals surface area contributed by atoms with Crippen LogP contribution < -0.4 is 15.9 Å². The van der Waals surface area contributed by atoms with Crippen molar-refractivity contribution >= 4 is 39.3 Å². The van der Waals surface area contributed by atoms with Crippen LogP contribution in [0.5, 0.6) is 5.75 Å². The van der Waals surface area contributed by atoms with Gasteiger partial charge in [0.25, 0.3) is 0 Å². The van der Waals surface area contributed by atoms with Gasteiger partial charge in [-0.3, -0.25) is 4.79 Å². The molecule has 0 saturated carbocycles. The first kappa shape index (κ1) is 19.2. The minimum absolute atomic E-state index is 0.157. The van der Waals surface area contributed by atoms with E-state index in [4.69, 9.17) is 10.6 Å². The van der Waals surface area contributed by atoms with Crippen LogP contribution in [0.2, 0.25) is 0 Å². The number of ether oxygens (including phenoxy) is 1. The van der Waals surface area contributed by atoms with Crippen molar-refractivity contribution < 1.29 is 9.53 Å². The van der Waals surface area contributed by atoms with Crippen LogP contribution in [0, 0.1) is 6.92 Å². The highest BCUT2D eigenvalue weighted by molar-refractivity contribution is 9.10. The van der Waals surface area contributed by atoms with E-state index in [-0.39, 0.29) is 11.7 Å². The van der Waals surface area contributed by atoms with E-state index in [0.29, 0.717) is 16.7 Å². The Hall–Kier alpha value is -2.52. The lowest BCUT2D eigenvalue weighted by atomic mass is 10.2. The molecule has 1 heterocycles. The van der Waals surface area contributed by atoms with E-state index in [2.05, 4.69) is 31.4 Å². The van der Waals surface area contributed by atoms with Crippen LogP contribution in [0.4, 0.5) is 5.69 Å². The van der Waals surface area contributed by atoms with Crippen molar-refractivity contribution in [1.82, 2.24) is 14.9 Å². The molecule has 0 fully saturated rings. The van der Waals surface area contributed by atoms with Gasteiger partial charge in [-0.1, -0.05) is 30.0 Å². The SMILES string of the molecule is COc1cccc(-c2nnc(SCC(=O)Nc3ccc(C)cc3Br)n2N)c1. The van der Waals surface area contributed by atoms with Gasteiger partial charge < -0.3 is 15.9 Å². The number of hydrogen-bond acceptors (Lipinski definition) is 6. The summed E-state index contributed by atoms with van der Waals surface area (Å²) in [6.45, 7) is 1.99. The minimum atomic E-state index is -0.157. The van der Waals surface area contributed by atoms with Gasteiger partial charge in [-0.05, 0) is 52.7 Å². The van der Waals surface area contributed by atoms with Crippen molar-refractivity contribution in [2.24, 2.45) is 0 Å². The van der Waals surface area contributed by atoms with Crippen molar-refractivity contribution in [2.75, 3.05) is 24.0 Å². The number of aromatic nitrogens is 3. The Labute approximate surface area is 169 Å². The van der Waals surface area contributed by atoms with Gasteiger partial charge in [-0.15, -0.1) is 10.2 Å². The fourth-order valence-electron chi connectivity index (χ4n) is 2.37. The van der Waals surface area contributed by atoms with E-state index in [9.17, 15) is 4.79 Å². The standard InChI is InChI=1S/C18H18BrN5O2S/c1-11-6-7-15(14(19)8-11)21-16(25)10-27-18-23-22-17(24(18)20)12-4-3-5-13(9-12)26-2/h3-9H,10,20H2,1-2H3,(H,21,25). The highest BCUT2D eigenvalue weighted by atomic mass is 79.9. The maximum atomic E-state index is 12.2. The third-order valence-electron chi connectivity index (χ3n) is 3.72. The number of carbonyl (C=O) groups excluding carboxylic acids is 1. The molecule has 0 saturated heterocycles. The number of carbonyl (C=O) groups is 1. The fraction of sp³-hybridized carbons (Fsp3) is 0.167. The van der Waals surface area contributed by atoms with Crippen LogP contribution in [0.3, 0.4) is 0 Å². The summed E-state index contributed by atoms with van der Waals surface area (Å²) in [5.41, 5.74) is 2.61. The summed E-state index contributed by atoms with van der Waals surface area (Å²) in [6, 6.07) is 13.1. The normalized spacial score (nSPS) is 10.6. The number of nitrogens with two attached hydrogens (primary N) is 1. The van der Waals surface area contributed by atoms with Crippen LogP contribution in [0.25, 0.3) is 11.4 Å². The molecule has 0 spiro atoms. The monoisotopic (exact) mass is 447 g/mol. The molecule has 3 rings (SSSR count). The summed E-state index contributed by atoms with van der Waals surface area (Å²) >= 11 is 4.66. The number of thioether (sulfide) groups is 1. The predicted molar refractivity (Wildman–Crippen MR) is 110 cm³/mol. The number of rotatable bonds is 6. The summed E-state index contributed by atoms with van der Waals surface area (Å²) in [4.78, 5) is 12.2. The lowest BCUT2D eigenvalue weighted by Crippen LogP contribution is -2.16. The third kappa shape index (κ3) is 4.61. The number of benzene rings is 2. The smallest absolute Gasteiger partial charge is 0.234 e. The van der Waals surface area contributed by atoms with E-state index in [1.807, 2.05) is 49.4 Å². The molecule has 3 aromatic rings. The van der Waals surface area contributed by atoms with Crippen LogP contribution in [-0.2, 0) is 4.79 Å². The summed E-state index contributed by atoms with van der Waals surface area (Å²) in [7, 11) is 1.60. The Balaban J connectivity index is 1.66. The van der Waals surface area contributed by atoms with Crippen molar-refractivity contribution in [2.45, 2.75) is 12.1 Å². The Morgan fingerprint density at radius 2 is 2.11 bits per heavy atom. The zero-order valence-electron chi connectivity index (χ0n) is 14.8. The fourth-order valence-corrected chi connectivity index (χ4v) is 3.62. The molecule has 0 aliphatic rings. The number of methoxy groups -OCH3 is 1. The molecule has 7 nitrogen and oxygen atoms in total. The molecule has 0 aliphatic heterocycles.